The average molecular weight is 433 g/mol. The Labute approximate surface area is 187 Å². The second-order valence-corrected chi connectivity index (χ2v) is 8.81. The molecule has 1 saturated heterocycles. The molecule has 5 nitrogen and oxygen atoms in total. The van der Waals surface area contributed by atoms with Crippen LogP contribution in [0.3, 0.4) is 0 Å². The maximum Gasteiger partial charge on any atom is 0.173 e. The largest absolute Gasteiger partial charge is 0.354 e. The van der Waals surface area contributed by atoms with Crippen molar-refractivity contribution >= 4 is 22.3 Å². The van der Waals surface area contributed by atoms with Gasteiger partial charge in [-0.05, 0) is 67.6 Å². The Balaban J connectivity index is 1.45. The van der Waals surface area contributed by atoms with Gasteiger partial charge in [0.2, 0.25) is 0 Å². The van der Waals surface area contributed by atoms with Crippen molar-refractivity contribution in [2.75, 3.05) is 19.6 Å². The van der Waals surface area contributed by atoms with Crippen molar-refractivity contribution in [1.29, 1.82) is 0 Å². The van der Waals surface area contributed by atoms with Crippen LogP contribution in [0.2, 0.25) is 0 Å². The Morgan fingerprint density at radius 1 is 1.22 bits per heavy atom. The van der Waals surface area contributed by atoms with Gasteiger partial charge in [0.25, 0.3) is 0 Å². The summed E-state index contributed by atoms with van der Waals surface area (Å²) in [5.74, 6) is 0.514. The molecule has 0 radical (unpaired) electrons. The number of likely N-dealkylation sites (tertiary alicyclic amines) is 1. The van der Waals surface area contributed by atoms with Crippen molar-refractivity contribution in [2.24, 2.45) is 0 Å². The maximum absolute atomic E-state index is 14.6. The minimum absolute atomic E-state index is 0.317. The number of Topliss-reactive ketones (excluding diaryl/α,β-unsaturated/α-hetero) is 1. The minimum atomic E-state index is -0.317. The van der Waals surface area contributed by atoms with Crippen LogP contribution in [0.4, 0.5) is 4.39 Å². The molecule has 3 aromatic heterocycles. The molecule has 0 saturated carbocycles. The molecule has 0 unspecified atom stereocenters. The number of imidazole rings is 1. The molecular formula is C26H29FN4O. The van der Waals surface area contributed by atoms with Gasteiger partial charge in [-0.2, -0.15) is 0 Å². The zero-order valence-corrected chi connectivity index (χ0v) is 18.7. The van der Waals surface area contributed by atoms with Gasteiger partial charge in [-0.25, -0.2) is 9.37 Å². The van der Waals surface area contributed by atoms with Crippen LogP contribution in [0.25, 0.3) is 27.8 Å². The summed E-state index contributed by atoms with van der Waals surface area (Å²) in [5, 5.41) is 1.22. The lowest BCUT2D eigenvalue weighted by Gasteiger charge is -2.31. The average Bonchev–Trinajstić information content (AvgIpc) is 3.43. The van der Waals surface area contributed by atoms with Crippen LogP contribution in [0.15, 0.2) is 42.9 Å². The number of pyridine rings is 1. The van der Waals surface area contributed by atoms with Gasteiger partial charge in [-0.1, -0.05) is 19.9 Å². The Bertz CT molecular complexity index is 1280. The third kappa shape index (κ3) is 3.73. The zero-order valence-electron chi connectivity index (χ0n) is 18.7. The number of nitrogens with zero attached hydrogens (tertiary/aromatic N) is 3. The molecule has 32 heavy (non-hydrogen) atoms. The van der Waals surface area contributed by atoms with Gasteiger partial charge in [-0.3, -0.25) is 9.69 Å². The lowest BCUT2D eigenvalue weighted by molar-refractivity contribution is -0.120. The number of aromatic nitrogens is 3. The summed E-state index contributed by atoms with van der Waals surface area (Å²) >= 11 is 0. The fourth-order valence-electron chi connectivity index (χ4n) is 5.05. The number of fused-ring (bicyclic) bond motifs is 2. The van der Waals surface area contributed by atoms with Crippen molar-refractivity contribution in [2.45, 2.75) is 45.4 Å². The SMILES string of the molecule is CCC(=O)CN1CCC(c2ccc3[nH]c(-c4cc(F)c5nccn5c4)c(CC)c3c2)CC1. The molecule has 0 amide bonds. The van der Waals surface area contributed by atoms with Crippen LogP contribution in [-0.4, -0.2) is 44.7 Å². The number of piperidine rings is 1. The summed E-state index contributed by atoms with van der Waals surface area (Å²) in [4.78, 5) is 21.7. The van der Waals surface area contributed by atoms with Crippen molar-refractivity contribution in [3.63, 3.8) is 0 Å². The van der Waals surface area contributed by atoms with Gasteiger partial charge < -0.3 is 9.38 Å². The first kappa shape index (κ1) is 20.9. The molecule has 4 aromatic rings. The van der Waals surface area contributed by atoms with Gasteiger partial charge in [0.15, 0.2) is 11.5 Å². The summed E-state index contributed by atoms with van der Waals surface area (Å²) in [5.41, 5.74) is 5.80. The van der Waals surface area contributed by atoms with Crippen LogP contribution >= 0.6 is 0 Å². The van der Waals surface area contributed by atoms with Crippen LogP contribution in [0, 0.1) is 5.82 Å². The van der Waals surface area contributed by atoms with Gasteiger partial charge in [0.1, 0.15) is 5.78 Å². The van der Waals surface area contributed by atoms with E-state index in [-0.39, 0.29) is 5.82 Å². The molecule has 166 valence electrons. The number of rotatable bonds is 6. The Hall–Kier alpha value is -2.99. The predicted molar refractivity (Wildman–Crippen MR) is 126 cm³/mol. The molecule has 1 aliphatic heterocycles. The van der Waals surface area contributed by atoms with Crippen LogP contribution in [-0.2, 0) is 11.2 Å². The first-order valence-corrected chi connectivity index (χ1v) is 11.6. The zero-order chi connectivity index (χ0) is 22.2. The van der Waals surface area contributed by atoms with E-state index in [1.807, 2.05) is 13.1 Å². The fraction of sp³-hybridized carbons (Fsp3) is 0.385. The van der Waals surface area contributed by atoms with Crippen molar-refractivity contribution in [1.82, 2.24) is 19.3 Å². The number of carbonyl (C=O) groups is 1. The molecule has 0 bridgehead atoms. The first-order valence-electron chi connectivity index (χ1n) is 11.6. The van der Waals surface area contributed by atoms with Gasteiger partial charge in [0, 0.05) is 41.5 Å². The number of hydrogen-bond donors (Lipinski definition) is 1. The van der Waals surface area contributed by atoms with Crippen LogP contribution in [0.5, 0.6) is 0 Å². The van der Waals surface area contributed by atoms with Crippen molar-refractivity contribution in [3.05, 3.63) is 59.8 Å². The van der Waals surface area contributed by atoms with Crippen molar-refractivity contribution in [3.8, 4) is 11.3 Å². The highest BCUT2D eigenvalue weighted by molar-refractivity contribution is 5.91. The minimum Gasteiger partial charge on any atom is -0.354 e. The van der Waals surface area contributed by atoms with E-state index < -0.39 is 0 Å². The maximum atomic E-state index is 14.6. The topological polar surface area (TPSA) is 53.4 Å². The third-order valence-corrected chi connectivity index (χ3v) is 6.87. The number of nitrogens with one attached hydrogen (secondary N) is 1. The number of aryl methyl sites for hydroxylation is 1. The highest BCUT2D eigenvalue weighted by Gasteiger charge is 2.23. The predicted octanol–water partition coefficient (Wildman–Crippen LogP) is 5.34. The molecule has 1 aliphatic rings. The molecule has 0 spiro atoms. The lowest BCUT2D eigenvalue weighted by atomic mass is 9.88. The van der Waals surface area contributed by atoms with E-state index in [4.69, 9.17) is 0 Å². The second kappa shape index (κ2) is 8.51. The molecular weight excluding hydrogens is 403 g/mol. The number of hydrogen-bond acceptors (Lipinski definition) is 3. The molecule has 6 heteroatoms. The highest BCUT2D eigenvalue weighted by atomic mass is 19.1. The van der Waals surface area contributed by atoms with Gasteiger partial charge in [-0.15, -0.1) is 0 Å². The summed E-state index contributed by atoms with van der Waals surface area (Å²) in [6, 6.07) is 8.27. The van der Waals surface area contributed by atoms with E-state index in [1.165, 1.54) is 16.5 Å². The standard InChI is InChI=1S/C26H29FN4O/c1-3-20(32)16-30-10-7-17(8-11-30)18-5-6-24-22(13-18)21(4-2)25(29-24)19-14-23(27)26-28-9-12-31(26)15-19/h5-6,9,12-15,17,29H,3-4,7-8,10-11,16H2,1-2H3. The summed E-state index contributed by atoms with van der Waals surface area (Å²) < 4.78 is 16.3. The number of aromatic amines is 1. The second-order valence-electron chi connectivity index (χ2n) is 8.81. The summed E-state index contributed by atoms with van der Waals surface area (Å²) in [6.45, 7) is 6.60. The van der Waals surface area contributed by atoms with E-state index >= 15 is 0 Å². The molecule has 1 N–H and O–H groups in total. The van der Waals surface area contributed by atoms with E-state index in [9.17, 15) is 9.18 Å². The lowest BCUT2D eigenvalue weighted by Crippen LogP contribution is -2.36. The van der Waals surface area contributed by atoms with Crippen LogP contribution < -0.4 is 0 Å². The van der Waals surface area contributed by atoms with Gasteiger partial charge in [0.05, 0.1) is 12.2 Å². The molecule has 1 fully saturated rings. The molecule has 0 aliphatic carbocycles. The smallest absolute Gasteiger partial charge is 0.173 e. The molecule has 0 atom stereocenters. The quantitative estimate of drug-likeness (QED) is 0.447. The van der Waals surface area contributed by atoms with Crippen LogP contribution in [0.1, 0.15) is 50.2 Å². The summed E-state index contributed by atoms with van der Waals surface area (Å²) in [7, 11) is 0. The molecule has 1 aromatic carbocycles. The number of carbonyl (C=O) groups excluding carboxylic acids is 1. The first-order chi connectivity index (χ1) is 15.6. The normalized spacial score (nSPS) is 15.7. The number of H-pyrrole nitrogens is 1. The number of halogens is 1. The fourth-order valence-corrected chi connectivity index (χ4v) is 5.05. The van der Waals surface area contributed by atoms with Gasteiger partial charge >= 0.3 is 0 Å². The van der Waals surface area contributed by atoms with E-state index in [2.05, 4.69) is 40.0 Å². The number of ketones is 1. The summed E-state index contributed by atoms with van der Waals surface area (Å²) in [6.07, 6.45) is 8.94. The Morgan fingerprint density at radius 2 is 2.03 bits per heavy atom. The Morgan fingerprint density at radius 3 is 2.78 bits per heavy atom. The van der Waals surface area contributed by atoms with E-state index in [0.29, 0.717) is 30.3 Å². The number of benzene rings is 1. The van der Waals surface area contributed by atoms with Crippen molar-refractivity contribution < 1.29 is 9.18 Å². The molecule has 4 heterocycles. The third-order valence-electron chi connectivity index (χ3n) is 6.87. The molecule has 5 rings (SSSR count). The van der Waals surface area contributed by atoms with E-state index in [1.54, 1.807) is 22.9 Å². The highest BCUT2D eigenvalue weighted by Crippen LogP contribution is 2.35. The monoisotopic (exact) mass is 432 g/mol. The Kier molecular flexibility index (Phi) is 5.55. The van der Waals surface area contributed by atoms with E-state index in [0.717, 1.165) is 49.1 Å².